The Bertz CT molecular complexity index is 1040. The Morgan fingerprint density at radius 2 is 1.62 bits per heavy atom. The van der Waals surface area contributed by atoms with Crippen molar-refractivity contribution in [3.8, 4) is 0 Å². The SMILES string of the molecule is CCC(CCCC1CCC2C3CC=C4CC(OC(=O)CCCC(=O)N(CCC(C)N)CCC(C)N)CCC4(C)C3CCC12C)C(C)C. The molecule has 10 unspecified atom stereocenters. The molecule has 0 saturated heterocycles. The predicted octanol–water partition coefficient (Wildman–Crippen LogP) is 8.80. The molecule has 10 atom stereocenters. The number of amides is 1. The fraction of sp³-hybridized carbons (Fsp3) is 0.902. The zero-order valence-corrected chi connectivity index (χ0v) is 31.5. The van der Waals surface area contributed by atoms with Crippen molar-refractivity contribution in [3.63, 3.8) is 0 Å². The highest BCUT2D eigenvalue weighted by molar-refractivity contribution is 5.77. The van der Waals surface area contributed by atoms with Crippen molar-refractivity contribution in [2.24, 2.45) is 57.8 Å². The van der Waals surface area contributed by atoms with Crippen molar-refractivity contribution in [2.45, 2.75) is 176 Å². The number of nitrogens with two attached hydrogens (primary N) is 2. The van der Waals surface area contributed by atoms with Crippen LogP contribution in [-0.2, 0) is 14.3 Å². The van der Waals surface area contributed by atoms with Crippen LogP contribution in [0, 0.1) is 46.3 Å². The number of rotatable bonds is 17. The molecule has 0 heterocycles. The van der Waals surface area contributed by atoms with Crippen molar-refractivity contribution >= 4 is 11.9 Å². The van der Waals surface area contributed by atoms with Gasteiger partial charge in [-0.2, -0.15) is 0 Å². The molecular formula is C41H73N3O3. The van der Waals surface area contributed by atoms with Crippen LogP contribution >= 0.6 is 0 Å². The van der Waals surface area contributed by atoms with Gasteiger partial charge in [-0.15, -0.1) is 0 Å². The van der Waals surface area contributed by atoms with E-state index in [1.165, 1.54) is 57.8 Å². The van der Waals surface area contributed by atoms with Crippen LogP contribution in [-0.4, -0.2) is 48.1 Å². The molecule has 0 bridgehead atoms. The zero-order chi connectivity index (χ0) is 34.4. The number of fused-ring (bicyclic) bond motifs is 5. The van der Waals surface area contributed by atoms with Gasteiger partial charge in [-0.25, -0.2) is 0 Å². The van der Waals surface area contributed by atoms with Crippen molar-refractivity contribution < 1.29 is 14.3 Å². The maximum atomic E-state index is 12.9. The van der Waals surface area contributed by atoms with Gasteiger partial charge in [0.2, 0.25) is 5.91 Å². The van der Waals surface area contributed by atoms with Gasteiger partial charge in [-0.05, 0) is 131 Å². The maximum Gasteiger partial charge on any atom is 0.306 e. The van der Waals surface area contributed by atoms with Gasteiger partial charge in [0.05, 0.1) is 0 Å². The van der Waals surface area contributed by atoms with Crippen molar-refractivity contribution in [1.82, 2.24) is 4.90 Å². The minimum Gasteiger partial charge on any atom is -0.462 e. The molecule has 3 saturated carbocycles. The summed E-state index contributed by atoms with van der Waals surface area (Å²) >= 11 is 0. The van der Waals surface area contributed by atoms with E-state index in [1.54, 1.807) is 5.57 Å². The lowest BCUT2D eigenvalue weighted by atomic mass is 9.47. The molecule has 1 amide bonds. The summed E-state index contributed by atoms with van der Waals surface area (Å²) in [5, 5.41) is 0. The third-order valence-electron chi connectivity index (χ3n) is 14.0. The molecule has 6 heteroatoms. The quantitative estimate of drug-likeness (QED) is 0.121. The fourth-order valence-electron chi connectivity index (χ4n) is 10.8. The highest BCUT2D eigenvalue weighted by Crippen LogP contribution is 2.67. The van der Waals surface area contributed by atoms with Gasteiger partial charge in [0.25, 0.3) is 0 Å². The van der Waals surface area contributed by atoms with E-state index in [4.69, 9.17) is 16.2 Å². The van der Waals surface area contributed by atoms with Gasteiger partial charge in [0.15, 0.2) is 0 Å². The zero-order valence-electron chi connectivity index (χ0n) is 31.5. The summed E-state index contributed by atoms with van der Waals surface area (Å²) in [5.41, 5.74) is 14.2. The largest absolute Gasteiger partial charge is 0.462 e. The Labute approximate surface area is 289 Å². The minimum absolute atomic E-state index is 0.0230. The fourth-order valence-corrected chi connectivity index (χ4v) is 10.8. The van der Waals surface area contributed by atoms with E-state index in [9.17, 15) is 9.59 Å². The van der Waals surface area contributed by atoms with E-state index in [0.717, 1.165) is 67.6 Å². The molecule has 0 aromatic rings. The molecule has 4 rings (SSSR count). The number of ether oxygens (including phenoxy) is 1. The first kappa shape index (κ1) is 38.4. The van der Waals surface area contributed by atoms with Crippen molar-refractivity contribution in [3.05, 3.63) is 11.6 Å². The molecule has 3 fully saturated rings. The molecule has 0 aromatic carbocycles. The van der Waals surface area contributed by atoms with Crippen LogP contribution in [0.5, 0.6) is 0 Å². The average Bonchev–Trinajstić information content (AvgIpc) is 3.35. The van der Waals surface area contributed by atoms with Gasteiger partial charge in [0.1, 0.15) is 6.10 Å². The van der Waals surface area contributed by atoms with E-state index in [-0.39, 0.29) is 35.5 Å². The van der Waals surface area contributed by atoms with Gasteiger partial charge < -0.3 is 21.1 Å². The summed E-state index contributed by atoms with van der Waals surface area (Å²) < 4.78 is 6.06. The maximum absolute atomic E-state index is 12.9. The molecule has 47 heavy (non-hydrogen) atoms. The minimum atomic E-state index is -0.150. The lowest BCUT2D eigenvalue weighted by molar-refractivity contribution is -0.151. The summed E-state index contributed by atoms with van der Waals surface area (Å²) in [7, 11) is 0. The molecule has 0 aliphatic heterocycles. The molecule has 0 radical (unpaired) electrons. The van der Waals surface area contributed by atoms with Crippen LogP contribution in [0.25, 0.3) is 0 Å². The van der Waals surface area contributed by atoms with Crippen LogP contribution < -0.4 is 11.5 Å². The molecule has 270 valence electrons. The first-order valence-corrected chi connectivity index (χ1v) is 20.0. The number of carbonyl (C=O) groups is 2. The second-order valence-corrected chi connectivity index (χ2v) is 17.5. The van der Waals surface area contributed by atoms with E-state index in [0.29, 0.717) is 37.8 Å². The Kier molecular flexibility index (Phi) is 13.9. The highest BCUT2D eigenvalue weighted by Gasteiger charge is 2.58. The Morgan fingerprint density at radius 3 is 2.26 bits per heavy atom. The van der Waals surface area contributed by atoms with Crippen molar-refractivity contribution in [1.29, 1.82) is 0 Å². The van der Waals surface area contributed by atoms with Gasteiger partial charge in [-0.1, -0.05) is 65.5 Å². The predicted molar refractivity (Wildman–Crippen MR) is 195 cm³/mol. The van der Waals surface area contributed by atoms with E-state index >= 15 is 0 Å². The Morgan fingerprint density at radius 1 is 0.915 bits per heavy atom. The first-order valence-electron chi connectivity index (χ1n) is 20.0. The third-order valence-corrected chi connectivity index (χ3v) is 14.0. The second kappa shape index (κ2) is 17.0. The number of nitrogens with zero attached hydrogens (tertiary/aromatic N) is 1. The van der Waals surface area contributed by atoms with Gasteiger partial charge in [0, 0.05) is 44.4 Å². The lowest BCUT2D eigenvalue weighted by Gasteiger charge is -2.58. The molecule has 4 N–H and O–H groups in total. The summed E-state index contributed by atoms with van der Waals surface area (Å²) in [4.78, 5) is 27.7. The third kappa shape index (κ3) is 9.44. The summed E-state index contributed by atoms with van der Waals surface area (Å²) in [5.74, 6) is 5.02. The summed E-state index contributed by atoms with van der Waals surface area (Å²) in [6.07, 6.45) is 20.7. The average molecular weight is 656 g/mol. The molecule has 6 nitrogen and oxygen atoms in total. The van der Waals surface area contributed by atoms with Gasteiger partial charge in [-0.3, -0.25) is 9.59 Å². The standard InChI is InChI=1S/C41H73N3O3/c1-8-31(28(2)3)11-9-12-32-16-18-36-35-17-15-33-27-34(19-23-41(33,7)37(35)20-24-40(32,36)6)47-39(46)14-10-13-38(45)44(25-21-29(4)42)26-22-30(5)43/h15,28-32,34-37H,8-14,16-27,42-43H2,1-7H3. The van der Waals surface area contributed by atoms with Crippen LogP contribution in [0.1, 0.15) is 158 Å². The molecule has 0 aromatic heterocycles. The number of esters is 1. The highest BCUT2D eigenvalue weighted by atomic mass is 16.5. The smallest absolute Gasteiger partial charge is 0.306 e. The summed E-state index contributed by atoms with van der Waals surface area (Å²) in [6.45, 7) is 17.6. The van der Waals surface area contributed by atoms with Gasteiger partial charge >= 0.3 is 5.97 Å². The van der Waals surface area contributed by atoms with E-state index in [1.807, 2.05) is 18.7 Å². The molecule has 0 spiro atoms. The Hall–Kier alpha value is -1.40. The molecule has 4 aliphatic rings. The normalized spacial score (nSPS) is 33.7. The monoisotopic (exact) mass is 656 g/mol. The van der Waals surface area contributed by atoms with E-state index < -0.39 is 0 Å². The van der Waals surface area contributed by atoms with Crippen molar-refractivity contribution in [2.75, 3.05) is 13.1 Å². The number of hydrogen-bond donors (Lipinski definition) is 2. The number of carbonyl (C=O) groups excluding carboxylic acids is 2. The number of hydrogen-bond acceptors (Lipinski definition) is 5. The topological polar surface area (TPSA) is 98.7 Å². The lowest BCUT2D eigenvalue weighted by Crippen LogP contribution is -2.50. The molecule has 4 aliphatic carbocycles. The molecular weight excluding hydrogens is 582 g/mol. The summed E-state index contributed by atoms with van der Waals surface area (Å²) in [6, 6.07) is 0.101. The van der Waals surface area contributed by atoms with Crippen LogP contribution in [0.2, 0.25) is 0 Å². The van der Waals surface area contributed by atoms with Crippen LogP contribution in [0.15, 0.2) is 11.6 Å². The van der Waals surface area contributed by atoms with Crippen LogP contribution in [0.3, 0.4) is 0 Å². The van der Waals surface area contributed by atoms with Crippen LogP contribution in [0.4, 0.5) is 0 Å². The Balaban J connectivity index is 1.26. The van der Waals surface area contributed by atoms with E-state index in [2.05, 4.69) is 40.7 Å². The second-order valence-electron chi connectivity index (χ2n) is 17.5. The number of allylic oxidation sites excluding steroid dienone is 1. The first-order chi connectivity index (χ1) is 22.3.